The number of aliphatic hydroxyl groups excluding tert-OH is 2. The number of carbonyl (C=O) groups excluding carboxylic acids is 2. The molecule has 6 nitrogen and oxygen atoms in total. The minimum Gasteiger partial charge on any atom is -0.466 e. The lowest BCUT2D eigenvalue weighted by molar-refractivity contribution is -0.143. The summed E-state index contributed by atoms with van der Waals surface area (Å²) in [6.07, 6.45) is 70.8. The van der Waals surface area contributed by atoms with Crippen LogP contribution in [0.1, 0.15) is 354 Å². The molecule has 0 fully saturated rings. The van der Waals surface area contributed by atoms with Gasteiger partial charge in [0.2, 0.25) is 5.91 Å². The Morgan fingerprint density at radius 3 is 1.06 bits per heavy atom. The molecule has 3 N–H and O–H groups in total. The van der Waals surface area contributed by atoms with Crippen molar-refractivity contribution >= 4 is 11.9 Å². The maximum Gasteiger partial charge on any atom is 0.305 e. The lowest BCUT2D eigenvalue weighted by atomic mass is 10.0. The summed E-state index contributed by atoms with van der Waals surface area (Å²) in [6, 6.07) is -0.539. The van der Waals surface area contributed by atoms with Crippen molar-refractivity contribution in [2.45, 2.75) is 366 Å². The van der Waals surface area contributed by atoms with Gasteiger partial charge in [0, 0.05) is 12.8 Å². The van der Waals surface area contributed by atoms with Crippen LogP contribution in [-0.4, -0.2) is 47.4 Å². The second-order valence-corrected chi connectivity index (χ2v) is 21.7. The highest BCUT2D eigenvalue weighted by Crippen LogP contribution is 2.18. The van der Waals surface area contributed by atoms with Crippen LogP contribution in [-0.2, 0) is 14.3 Å². The van der Waals surface area contributed by atoms with Gasteiger partial charge in [-0.15, -0.1) is 0 Å². The molecule has 0 spiro atoms. The maximum absolute atomic E-state index is 12.5. The van der Waals surface area contributed by atoms with Gasteiger partial charge in [0.15, 0.2) is 0 Å². The van der Waals surface area contributed by atoms with E-state index in [9.17, 15) is 19.8 Å². The van der Waals surface area contributed by atoms with Crippen molar-refractivity contribution in [1.29, 1.82) is 0 Å². The molecule has 0 aromatic heterocycles. The number of hydrogen-bond donors (Lipinski definition) is 3. The number of amides is 1. The zero-order valence-corrected chi connectivity index (χ0v) is 46.8. The summed E-state index contributed by atoms with van der Waals surface area (Å²) in [4.78, 5) is 24.5. The van der Waals surface area contributed by atoms with E-state index in [1.54, 1.807) is 0 Å². The van der Waals surface area contributed by atoms with Crippen LogP contribution in [0.3, 0.4) is 0 Å². The summed E-state index contributed by atoms with van der Waals surface area (Å²) in [5.74, 6) is -0.0238. The number of carbonyl (C=O) groups is 2. The van der Waals surface area contributed by atoms with Gasteiger partial charge in [-0.2, -0.15) is 0 Å². The monoisotopic (exact) mass is 974 g/mol. The molecule has 0 aliphatic rings. The molecule has 410 valence electrons. The van der Waals surface area contributed by atoms with E-state index >= 15 is 0 Å². The van der Waals surface area contributed by atoms with Crippen LogP contribution in [0.4, 0.5) is 0 Å². The predicted octanol–water partition coefficient (Wildman–Crippen LogP) is 19.6. The molecule has 0 aliphatic heterocycles. The van der Waals surface area contributed by atoms with E-state index < -0.39 is 12.1 Å². The first-order chi connectivity index (χ1) is 34.0. The van der Waals surface area contributed by atoms with Crippen molar-refractivity contribution in [3.05, 3.63) is 12.2 Å². The van der Waals surface area contributed by atoms with Gasteiger partial charge in [-0.05, 0) is 51.4 Å². The van der Waals surface area contributed by atoms with Gasteiger partial charge < -0.3 is 20.3 Å². The molecular formula is C63H123NO5. The van der Waals surface area contributed by atoms with E-state index in [0.29, 0.717) is 25.9 Å². The molecule has 69 heavy (non-hydrogen) atoms. The Bertz CT molecular complexity index is 1030. The largest absolute Gasteiger partial charge is 0.466 e. The summed E-state index contributed by atoms with van der Waals surface area (Å²) in [6.45, 7) is 4.95. The molecular weight excluding hydrogens is 851 g/mol. The standard InChI is InChI=1S/C63H123NO5/c1-3-5-7-9-11-13-15-17-29-32-35-39-43-47-51-55-61(66)60(59-65)64-62(67)56-52-48-44-40-36-33-30-27-25-23-21-19-18-20-22-24-26-28-31-34-38-42-46-50-54-58-69-63(68)57-53-49-45-41-37-16-14-12-10-8-6-4-2/h12,14,60-61,65-66H,3-11,13,15-59H2,1-2H3,(H,64,67)/b14-12-. The summed E-state index contributed by atoms with van der Waals surface area (Å²) < 4.78 is 5.47. The van der Waals surface area contributed by atoms with Gasteiger partial charge in [-0.3, -0.25) is 9.59 Å². The first-order valence-electron chi connectivity index (χ1n) is 31.4. The van der Waals surface area contributed by atoms with E-state index in [2.05, 4.69) is 31.3 Å². The molecule has 2 atom stereocenters. The van der Waals surface area contributed by atoms with Gasteiger partial charge in [0.25, 0.3) is 0 Å². The van der Waals surface area contributed by atoms with Crippen molar-refractivity contribution < 1.29 is 24.5 Å². The van der Waals surface area contributed by atoms with E-state index in [0.717, 1.165) is 44.9 Å². The number of aliphatic hydroxyl groups is 2. The first kappa shape index (κ1) is 67.6. The molecule has 0 aromatic carbocycles. The number of allylic oxidation sites excluding steroid dienone is 2. The van der Waals surface area contributed by atoms with Crippen LogP contribution in [0.5, 0.6) is 0 Å². The Morgan fingerprint density at radius 2 is 0.681 bits per heavy atom. The SMILES string of the molecule is CCCCC/C=C\CCCCCCCC(=O)OCCCCCCCCCCCCCCCCCCCCCCCCCCCC(=O)NC(CO)C(O)CCCCCCCCCCCCCCCCC. The summed E-state index contributed by atoms with van der Waals surface area (Å²) in [5.41, 5.74) is 0. The van der Waals surface area contributed by atoms with Crippen LogP contribution in [0.2, 0.25) is 0 Å². The molecule has 0 aliphatic carbocycles. The van der Waals surface area contributed by atoms with Gasteiger partial charge in [-0.1, -0.05) is 302 Å². The zero-order chi connectivity index (χ0) is 50.0. The fourth-order valence-electron chi connectivity index (χ4n) is 9.99. The van der Waals surface area contributed by atoms with Gasteiger partial charge in [0.1, 0.15) is 0 Å². The zero-order valence-electron chi connectivity index (χ0n) is 46.8. The molecule has 0 rings (SSSR count). The third-order valence-electron chi connectivity index (χ3n) is 14.8. The lowest BCUT2D eigenvalue weighted by Gasteiger charge is -2.22. The highest BCUT2D eigenvalue weighted by molar-refractivity contribution is 5.76. The molecule has 0 bridgehead atoms. The van der Waals surface area contributed by atoms with Gasteiger partial charge >= 0.3 is 5.97 Å². The van der Waals surface area contributed by atoms with Crippen molar-refractivity contribution in [2.24, 2.45) is 0 Å². The highest BCUT2D eigenvalue weighted by atomic mass is 16.5. The second kappa shape index (κ2) is 59.2. The lowest BCUT2D eigenvalue weighted by Crippen LogP contribution is -2.45. The predicted molar refractivity (Wildman–Crippen MR) is 301 cm³/mol. The maximum atomic E-state index is 12.5. The van der Waals surface area contributed by atoms with E-state index in [1.807, 2.05) is 0 Å². The van der Waals surface area contributed by atoms with E-state index in [4.69, 9.17) is 4.74 Å². The number of unbranched alkanes of at least 4 members (excludes halogenated alkanes) is 46. The number of nitrogens with one attached hydrogen (secondary N) is 1. The number of rotatable bonds is 59. The Balaban J connectivity index is 3.35. The van der Waals surface area contributed by atoms with Crippen LogP contribution in [0.25, 0.3) is 0 Å². The summed E-state index contributed by atoms with van der Waals surface area (Å²) in [5, 5.41) is 23.3. The van der Waals surface area contributed by atoms with Crippen LogP contribution in [0.15, 0.2) is 12.2 Å². The Morgan fingerprint density at radius 1 is 0.391 bits per heavy atom. The molecule has 6 heteroatoms. The van der Waals surface area contributed by atoms with E-state index in [-0.39, 0.29) is 18.5 Å². The third-order valence-corrected chi connectivity index (χ3v) is 14.8. The van der Waals surface area contributed by atoms with Crippen LogP contribution >= 0.6 is 0 Å². The molecule has 1 amide bonds. The molecule has 0 saturated heterocycles. The van der Waals surface area contributed by atoms with Crippen LogP contribution in [0, 0.1) is 0 Å². The van der Waals surface area contributed by atoms with Crippen molar-refractivity contribution in [3.8, 4) is 0 Å². The Hall–Kier alpha value is -1.40. The molecule has 0 heterocycles. The fraction of sp³-hybridized carbons (Fsp3) is 0.937. The van der Waals surface area contributed by atoms with Gasteiger partial charge in [0.05, 0.1) is 25.4 Å². The quantitative estimate of drug-likeness (QED) is 0.0321. The second-order valence-electron chi connectivity index (χ2n) is 21.7. The average Bonchev–Trinajstić information content (AvgIpc) is 3.35. The first-order valence-corrected chi connectivity index (χ1v) is 31.4. The number of hydrogen-bond acceptors (Lipinski definition) is 5. The molecule has 0 radical (unpaired) electrons. The topological polar surface area (TPSA) is 95.9 Å². The third kappa shape index (κ3) is 55.8. The van der Waals surface area contributed by atoms with Crippen molar-refractivity contribution in [3.63, 3.8) is 0 Å². The highest BCUT2D eigenvalue weighted by Gasteiger charge is 2.20. The van der Waals surface area contributed by atoms with Crippen molar-refractivity contribution in [2.75, 3.05) is 13.2 Å². The Kier molecular flexibility index (Phi) is 58.0. The minimum atomic E-state index is -0.662. The summed E-state index contributed by atoms with van der Waals surface area (Å²) >= 11 is 0. The van der Waals surface area contributed by atoms with E-state index in [1.165, 1.54) is 276 Å². The van der Waals surface area contributed by atoms with Crippen LogP contribution < -0.4 is 5.32 Å². The van der Waals surface area contributed by atoms with Gasteiger partial charge in [-0.25, -0.2) is 0 Å². The number of ether oxygens (including phenoxy) is 1. The van der Waals surface area contributed by atoms with Crippen molar-refractivity contribution in [1.82, 2.24) is 5.32 Å². The molecule has 2 unspecified atom stereocenters. The normalized spacial score (nSPS) is 12.6. The molecule has 0 aromatic rings. The average molecular weight is 975 g/mol. The minimum absolute atomic E-state index is 0.00686. The smallest absolute Gasteiger partial charge is 0.305 e. The summed E-state index contributed by atoms with van der Waals surface area (Å²) in [7, 11) is 0. The fourth-order valence-corrected chi connectivity index (χ4v) is 9.99. The Labute approximate surface area is 431 Å². The molecule has 0 saturated carbocycles. The number of esters is 1.